The van der Waals surface area contributed by atoms with Crippen LogP contribution in [-0.4, -0.2) is 38.1 Å². The number of likely N-dealkylation sites (N-methyl/N-ethyl adjacent to an activating group) is 2. The third-order valence-corrected chi connectivity index (χ3v) is 2.11. The van der Waals surface area contributed by atoms with E-state index in [2.05, 4.69) is 44.7 Å². The maximum absolute atomic E-state index is 4.04. The van der Waals surface area contributed by atoms with E-state index in [1.54, 1.807) is 0 Å². The van der Waals surface area contributed by atoms with Gasteiger partial charge in [-0.05, 0) is 33.5 Å². The maximum Gasteiger partial charge on any atom is 0.0231 e. The van der Waals surface area contributed by atoms with Crippen LogP contribution in [0.15, 0.2) is 12.2 Å². The molecule has 0 spiro atoms. The van der Waals surface area contributed by atoms with Crippen LogP contribution in [0.2, 0.25) is 0 Å². The summed E-state index contributed by atoms with van der Waals surface area (Å²) in [7, 11) is 4.22. The Labute approximate surface area is 83.0 Å². The summed E-state index contributed by atoms with van der Waals surface area (Å²) < 4.78 is 0. The zero-order valence-corrected chi connectivity index (χ0v) is 9.56. The second kappa shape index (κ2) is 7.10. The second-order valence-electron chi connectivity index (χ2n) is 3.82. The molecule has 0 rings (SSSR count). The molecule has 78 valence electrons. The lowest BCUT2D eigenvalue weighted by Crippen LogP contribution is -2.38. The molecule has 0 aromatic carbocycles. The molecule has 0 amide bonds. The smallest absolute Gasteiger partial charge is 0.0231 e. The molecule has 1 unspecified atom stereocenters. The fraction of sp³-hybridized carbons (Fsp3) is 0.818. The number of hydrogen-bond acceptors (Lipinski definition) is 2. The third-order valence-electron chi connectivity index (χ3n) is 2.11. The zero-order valence-electron chi connectivity index (χ0n) is 9.56. The molecule has 2 heteroatoms. The summed E-state index contributed by atoms with van der Waals surface area (Å²) in [6.45, 7) is 10.5. The molecule has 0 saturated carbocycles. The van der Waals surface area contributed by atoms with Crippen molar-refractivity contribution in [1.82, 2.24) is 10.2 Å². The predicted molar refractivity (Wildman–Crippen MR) is 60.1 cm³/mol. The van der Waals surface area contributed by atoms with Gasteiger partial charge in [0, 0.05) is 12.6 Å². The summed E-state index contributed by atoms with van der Waals surface area (Å²) in [5, 5.41) is 3.48. The molecule has 2 nitrogen and oxygen atoms in total. The lowest BCUT2D eigenvalue weighted by atomic mass is 10.1. The first-order valence-electron chi connectivity index (χ1n) is 5.14. The monoisotopic (exact) mass is 184 g/mol. The fourth-order valence-corrected chi connectivity index (χ4v) is 1.42. The third kappa shape index (κ3) is 6.79. The molecule has 1 N–H and O–H groups in total. The highest BCUT2D eigenvalue weighted by atomic mass is 15.1. The zero-order chi connectivity index (χ0) is 10.3. The van der Waals surface area contributed by atoms with Gasteiger partial charge < -0.3 is 10.2 Å². The van der Waals surface area contributed by atoms with E-state index < -0.39 is 0 Å². The van der Waals surface area contributed by atoms with E-state index in [4.69, 9.17) is 0 Å². The van der Waals surface area contributed by atoms with E-state index in [1.165, 1.54) is 5.57 Å². The van der Waals surface area contributed by atoms with E-state index in [-0.39, 0.29) is 0 Å². The van der Waals surface area contributed by atoms with Crippen molar-refractivity contribution < 1.29 is 0 Å². The Balaban J connectivity index is 3.86. The van der Waals surface area contributed by atoms with Crippen LogP contribution in [0.5, 0.6) is 0 Å². The van der Waals surface area contributed by atoms with Gasteiger partial charge in [0.15, 0.2) is 0 Å². The van der Waals surface area contributed by atoms with Crippen LogP contribution in [0.4, 0.5) is 0 Å². The Morgan fingerprint density at radius 1 is 1.38 bits per heavy atom. The van der Waals surface area contributed by atoms with Gasteiger partial charge in [0.1, 0.15) is 0 Å². The first-order chi connectivity index (χ1) is 6.10. The van der Waals surface area contributed by atoms with Gasteiger partial charge in [0.25, 0.3) is 0 Å². The number of rotatable bonds is 7. The van der Waals surface area contributed by atoms with Crippen LogP contribution in [0.3, 0.4) is 0 Å². The van der Waals surface area contributed by atoms with Crippen molar-refractivity contribution in [3.8, 4) is 0 Å². The van der Waals surface area contributed by atoms with Crippen LogP contribution in [0.25, 0.3) is 0 Å². The first kappa shape index (κ1) is 12.7. The van der Waals surface area contributed by atoms with Crippen molar-refractivity contribution in [3.05, 3.63) is 12.2 Å². The quantitative estimate of drug-likeness (QED) is 0.608. The second-order valence-corrected chi connectivity index (χ2v) is 3.82. The number of nitrogens with zero attached hydrogens (tertiary/aromatic N) is 1. The van der Waals surface area contributed by atoms with E-state index in [9.17, 15) is 0 Å². The molecule has 0 radical (unpaired) electrons. The van der Waals surface area contributed by atoms with Crippen molar-refractivity contribution in [1.29, 1.82) is 0 Å². The van der Waals surface area contributed by atoms with E-state index in [1.807, 2.05) is 0 Å². The Kier molecular flexibility index (Phi) is 6.92. The Bertz CT molecular complexity index is 141. The molecule has 1 atom stereocenters. The van der Waals surface area contributed by atoms with Crippen LogP contribution < -0.4 is 5.32 Å². The molecular formula is C11H24N2. The summed E-state index contributed by atoms with van der Waals surface area (Å²) >= 11 is 0. The summed E-state index contributed by atoms with van der Waals surface area (Å²) in [4.78, 5) is 2.22. The molecule has 0 aliphatic heterocycles. The van der Waals surface area contributed by atoms with Gasteiger partial charge in [-0.25, -0.2) is 0 Å². The minimum Gasteiger partial charge on any atom is -0.313 e. The molecule has 0 aromatic heterocycles. The molecule has 0 aromatic rings. The molecule has 0 saturated heterocycles. The molecule has 0 aliphatic rings. The first-order valence-corrected chi connectivity index (χ1v) is 5.14. The number of nitrogens with one attached hydrogen (secondary N) is 1. The summed E-state index contributed by atoms with van der Waals surface area (Å²) in [5.41, 5.74) is 1.34. The van der Waals surface area contributed by atoms with Gasteiger partial charge in [0.05, 0.1) is 0 Å². The molecule has 0 heterocycles. The largest absolute Gasteiger partial charge is 0.313 e. The predicted octanol–water partition coefficient (Wildman–Crippen LogP) is 1.88. The van der Waals surface area contributed by atoms with Gasteiger partial charge in [-0.3, -0.25) is 0 Å². The van der Waals surface area contributed by atoms with Gasteiger partial charge in [-0.1, -0.05) is 26.0 Å². The van der Waals surface area contributed by atoms with Crippen molar-refractivity contribution in [3.63, 3.8) is 0 Å². The van der Waals surface area contributed by atoms with Crippen molar-refractivity contribution >= 4 is 0 Å². The van der Waals surface area contributed by atoms with E-state index in [0.29, 0.717) is 6.04 Å². The average Bonchev–Trinajstić information content (AvgIpc) is 2.03. The van der Waals surface area contributed by atoms with Gasteiger partial charge >= 0.3 is 0 Å². The molecular weight excluding hydrogens is 160 g/mol. The average molecular weight is 184 g/mol. The van der Waals surface area contributed by atoms with Crippen molar-refractivity contribution in [2.75, 3.05) is 27.2 Å². The Morgan fingerprint density at radius 2 is 2.00 bits per heavy atom. The normalized spacial score (nSPS) is 13.3. The standard InChI is InChI=1S/C11H24N2/c1-6-10(3)8-11(12-7-2)9-13(4)5/h11-12H,3,6-9H2,1-2,4-5H3. The van der Waals surface area contributed by atoms with Crippen molar-refractivity contribution in [2.24, 2.45) is 0 Å². The fourth-order valence-electron chi connectivity index (χ4n) is 1.42. The van der Waals surface area contributed by atoms with Gasteiger partial charge in [-0.2, -0.15) is 0 Å². The highest BCUT2D eigenvalue weighted by Crippen LogP contribution is 2.07. The maximum atomic E-state index is 4.04. The Hall–Kier alpha value is -0.340. The summed E-state index contributed by atoms with van der Waals surface area (Å²) in [5.74, 6) is 0. The lowest BCUT2D eigenvalue weighted by molar-refractivity contribution is 0.338. The van der Waals surface area contributed by atoms with Crippen LogP contribution in [-0.2, 0) is 0 Å². The minimum atomic E-state index is 0.562. The highest BCUT2D eigenvalue weighted by molar-refractivity contribution is 4.96. The van der Waals surface area contributed by atoms with Crippen LogP contribution >= 0.6 is 0 Å². The topological polar surface area (TPSA) is 15.3 Å². The Morgan fingerprint density at radius 3 is 2.38 bits per heavy atom. The summed E-state index contributed by atoms with van der Waals surface area (Å²) in [6, 6.07) is 0.562. The van der Waals surface area contributed by atoms with Crippen LogP contribution in [0, 0.1) is 0 Å². The minimum absolute atomic E-state index is 0.562. The number of hydrogen-bond donors (Lipinski definition) is 1. The lowest BCUT2D eigenvalue weighted by Gasteiger charge is -2.22. The van der Waals surface area contributed by atoms with Crippen molar-refractivity contribution in [2.45, 2.75) is 32.7 Å². The van der Waals surface area contributed by atoms with E-state index >= 15 is 0 Å². The molecule has 13 heavy (non-hydrogen) atoms. The molecule has 0 aliphatic carbocycles. The highest BCUT2D eigenvalue weighted by Gasteiger charge is 2.08. The SMILES string of the molecule is C=C(CC)CC(CN(C)C)NCC. The molecule has 0 bridgehead atoms. The summed E-state index contributed by atoms with van der Waals surface area (Å²) in [6.07, 6.45) is 2.19. The van der Waals surface area contributed by atoms with E-state index in [0.717, 1.165) is 25.9 Å². The van der Waals surface area contributed by atoms with Crippen LogP contribution in [0.1, 0.15) is 26.7 Å². The van der Waals surface area contributed by atoms with Gasteiger partial charge in [-0.15, -0.1) is 0 Å². The molecule has 0 fully saturated rings. The van der Waals surface area contributed by atoms with Gasteiger partial charge in [0.2, 0.25) is 0 Å².